The summed E-state index contributed by atoms with van der Waals surface area (Å²) in [4.78, 5) is 26.3. The molecule has 11 heteroatoms. The van der Waals surface area contributed by atoms with Crippen molar-refractivity contribution in [2.75, 3.05) is 12.4 Å². The first-order valence-corrected chi connectivity index (χ1v) is 7.03. The van der Waals surface area contributed by atoms with Crippen molar-refractivity contribution in [2.24, 2.45) is 7.05 Å². The van der Waals surface area contributed by atoms with Crippen LogP contribution in [0.1, 0.15) is 0 Å². The molecule has 24 heavy (non-hydrogen) atoms. The zero-order valence-electron chi connectivity index (χ0n) is 12.6. The fourth-order valence-corrected chi connectivity index (χ4v) is 2.41. The fraction of sp³-hybridized carbons (Fsp3) is 0.154. The largest absolute Gasteiger partial charge is 0.448 e. The average molecular weight is 351 g/mol. The van der Waals surface area contributed by atoms with Gasteiger partial charge in [-0.15, -0.1) is 0 Å². The monoisotopic (exact) mass is 350 g/mol. The summed E-state index contributed by atoms with van der Waals surface area (Å²) < 4.78 is 8.36. The Labute approximate surface area is 139 Å². The summed E-state index contributed by atoms with van der Waals surface area (Å²) in [6.07, 6.45) is 5.63. The van der Waals surface area contributed by atoms with Gasteiger partial charge in [0.25, 0.3) is 5.56 Å². The molecule has 124 valence electrons. The highest BCUT2D eigenvalue weighted by Gasteiger charge is 2.23. The van der Waals surface area contributed by atoms with Crippen LogP contribution in [0.4, 0.5) is 11.5 Å². The van der Waals surface area contributed by atoms with Crippen LogP contribution in [0.5, 0.6) is 11.5 Å². The van der Waals surface area contributed by atoms with Gasteiger partial charge < -0.3 is 24.7 Å². The van der Waals surface area contributed by atoms with Gasteiger partial charge in [-0.1, -0.05) is 11.6 Å². The van der Waals surface area contributed by atoms with Crippen LogP contribution in [0.15, 0.2) is 29.6 Å². The molecule has 0 aliphatic rings. The summed E-state index contributed by atoms with van der Waals surface area (Å²) in [6.45, 7) is 0. The third-order valence-electron chi connectivity index (χ3n) is 3.32. The second-order valence-corrected chi connectivity index (χ2v) is 5.14. The summed E-state index contributed by atoms with van der Waals surface area (Å²) in [5, 5.41) is 17.6. The number of aromatic nitrogens is 4. The highest BCUT2D eigenvalue weighted by Crippen LogP contribution is 2.39. The highest BCUT2D eigenvalue weighted by atomic mass is 35.5. The molecule has 0 saturated carbocycles. The van der Waals surface area contributed by atoms with Crippen LogP contribution in [-0.4, -0.2) is 31.1 Å². The lowest BCUT2D eigenvalue weighted by Crippen LogP contribution is -2.18. The number of hydrogen-bond acceptors (Lipinski definition) is 7. The third-order valence-corrected chi connectivity index (χ3v) is 3.70. The molecule has 0 amide bonds. The standard InChI is InChI=1S/C13H11ClN6O4/c1-15-10-9(14)7(5-16-12(10)20(22)23)24-8-6-17-19-4-3-18(2)13(21)11(8)19/h3-6,15H,1-2H3. The summed E-state index contributed by atoms with van der Waals surface area (Å²) in [5.74, 6) is -0.200. The number of anilines is 1. The lowest BCUT2D eigenvalue weighted by molar-refractivity contribution is -0.388. The van der Waals surface area contributed by atoms with E-state index in [1.807, 2.05) is 0 Å². The molecular weight excluding hydrogens is 340 g/mol. The Balaban J connectivity index is 2.11. The minimum absolute atomic E-state index is 0.0172. The van der Waals surface area contributed by atoms with Gasteiger partial charge in [-0.3, -0.25) is 4.79 Å². The quantitative estimate of drug-likeness (QED) is 0.563. The first-order chi connectivity index (χ1) is 11.4. The highest BCUT2D eigenvalue weighted by molar-refractivity contribution is 6.35. The van der Waals surface area contributed by atoms with Crippen molar-refractivity contribution in [2.45, 2.75) is 0 Å². The Hall–Kier alpha value is -3.14. The Kier molecular flexibility index (Phi) is 3.81. The molecule has 3 rings (SSSR count). The average Bonchev–Trinajstić information content (AvgIpc) is 2.96. The smallest absolute Gasteiger partial charge is 0.388 e. The zero-order chi connectivity index (χ0) is 17.4. The predicted octanol–water partition coefficient (Wildman–Crippen LogP) is 1.82. The Morgan fingerprint density at radius 2 is 2.08 bits per heavy atom. The Bertz CT molecular complexity index is 1010. The van der Waals surface area contributed by atoms with Gasteiger partial charge in [-0.25, -0.2) is 4.52 Å². The molecule has 0 atom stereocenters. The van der Waals surface area contributed by atoms with E-state index in [1.165, 1.54) is 22.3 Å². The molecule has 0 saturated heterocycles. The van der Waals surface area contributed by atoms with Crippen molar-refractivity contribution in [3.8, 4) is 11.5 Å². The third kappa shape index (κ3) is 2.42. The van der Waals surface area contributed by atoms with E-state index in [4.69, 9.17) is 16.3 Å². The van der Waals surface area contributed by atoms with E-state index in [1.54, 1.807) is 19.4 Å². The van der Waals surface area contributed by atoms with Gasteiger partial charge in [0.2, 0.25) is 0 Å². The Morgan fingerprint density at radius 3 is 2.75 bits per heavy atom. The second-order valence-electron chi connectivity index (χ2n) is 4.76. The van der Waals surface area contributed by atoms with E-state index in [-0.39, 0.29) is 33.3 Å². The van der Waals surface area contributed by atoms with Crippen LogP contribution in [0, 0.1) is 10.1 Å². The number of halogens is 1. The number of fused-ring (bicyclic) bond motifs is 1. The van der Waals surface area contributed by atoms with Crippen LogP contribution in [0.3, 0.4) is 0 Å². The lowest BCUT2D eigenvalue weighted by atomic mass is 10.3. The number of hydrogen-bond donors (Lipinski definition) is 1. The minimum atomic E-state index is -0.660. The number of nitrogens with one attached hydrogen (secondary N) is 1. The molecule has 0 bridgehead atoms. The van der Waals surface area contributed by atoms with E-state index in [0.717, 1.165) is 6.20 Å². The maximum absolute atomic E-state index is 12.2. The molecule has 10 nitrogen and oxygen atoms in total. The normalized spacial score (nSPS) is 10.8. The number of rotatable bonds is 4. The molecule has 0 spiro atoms. The van der Waals surface area contributed by atoms with Crippen molar-refractivity contribution in [1.82, 2.24) is 19.2 Å². The molecule has 0 aliphatic heterocycles. The summed E-state index contributed by atoms with van der Waals surface area (Å²) in [6, 6.07) is 0. The molecular formula is C13H11ClN6O4. The number of pyridine rings is 1. The number of nitro groups is 1. The van der Waals surface area contributed by atoms with Gasteiger partial charge in [-0.05, 0) is 9.91 Å². The van der Waals surface area contributed by atoms with Crippen LogP contribution in [0.25, 0.3) is 5.52 Å². The molecule has 0 radical (unpaired) electrons. The molecule has 0 fully saturated rings. The molecule has 3 heterocycles. The summed E-state index contributed by atoms with van der Waals surface area (Å²) >= 11 is 6.15. The van der Waals surface area contributed by atoms with Crippen molar-refractivity contribution in [1.29, 1.82) is 0 Å². The van der Waals surface area contributed by atoms with E-state index < -0.39 is 10.7 Å². The zero-order valence-corrected chi connectivity index (χ0v) is 13.3. The fourth-order valence-electron chi connectivity index (χ4n) is 2.15. The summed E-state index contributed by atoms with van der Waals surface area (Å²) in [7, 11) is 3.07. The van der Waals surface area contributed by atoms with Crippen LogP contribution in [-0.2, 0) is 7.05 Å². The van der Waals surface area contributed by atoms with E-state index in [9.17, 15) is 14.9 Å². The van der Waals surface area contributed by atoms with E-state index >= 15 is 0 Å². The second kappa shape index (κ2) is 5.81. The molecule has 3 aromatic rings. The first kappa shape index (κ1) is 15.7. The maximum atomic E-state index is 12.2. The van der Waals surface area contributed by atoms with E-state index in [0.29, 0.717) is 0 Å². The first-order valence-electron chi connectivity index (χ1n) is 6.65. The van der Waals surface area contributed by atoms with Crippen LogP contribution < -0.4 is 15.6 Å². The minimum Gasteiger partial charge on any atom is -0.448 e. The molecule has 1 N–H and O–H groups in total. The maximum Gasteiger partial charge on any atom is 0.388 e. The van der Waals surface area contributed by atoms with Crippen molar-refractivity contribution < 1.29 is 9.66 Å². The predicted molar refractivity (Wildman–Crippen MR) is 86.0 cm³/mol. The topological polar surface area (TPSA) is 117 Å². The number of nitrogens with zero attached hydrogens (tertiary/aromatic N) is 5. The molecule has 0 aromatic carbocycles. The van der Waals surface area contributed by atoms with Gasteiger partial charge in [-0.2, -0.15) is 5.10 Å². The van der Waals surface area contributed by atoms with Crippen molar-refractivity contribution >= 4 is 28.6 Å². The van der Waals surface area contributed by atoms with Gasteiger partial charge in [0, 0.05) is 26.5 Å². The van der Waals surface area contributed by atoms with Gasteiger partial charge in [0.1, 0.15) is 5.02 Å². The van der Waals surface area contributed by atoms with Gasteiger partial charge in [0.15, 0.2) is 28.9 Å². The number of ether oxygens (including phenoxy) is 1. The van der Waals surface area contributed by atoms with Crippen LogP contribution >= 0.6 is 11.6 Å². The van der Waals surface area contributed by atoms with E-state index in [2.05, 4.69) is 15.4 Å². The molecule has 0 aliphatic carbocycles. The van der Waals surface area contributed by atoms with Gasteiger partial charge in [0.05, 0.1) is 6.20 Å². The van der Waals surface area contributed by atoms with Crippen LogP contribution in [0.2, 0.25) is 5.02 Å². The van der Waals surface area contributed by atoms with Crippen molar-refractivity contribution in [3.63, 3.8) is 0 Å². The Morgan fingerprint density at radius 1 is 1.33 bits per heavy atom. The molecule has 0 unspecified atom stereocenters. The van der Waals surface area contributed by atoms with Crippen molar-refractivity contribution in [3.05, 3.63) is 50.3 Å². The SMILES string of the molecule is CNc1c([N+](=O)[O-])ncc(Oc2cnn3ccn(C)c(=O)c23)c1Cl. The molecule has 3 aromatic heterocycles. The lowest BCUT2D eigenvalue weighted by Gasteiger charge is -2.08. The summed E-state index contributed by atoms with van der Waals surface area (Å²) in [5.41, 5.74) is -0.0891. The number of aryl methyl sites for hydroxylation is 1. The van der Waals surface area contributed by atoms with Gasteiger partial charge >= 0.3 is 5.82 Å².